The molecule has 0 N–H and O–H groups in total. The minimum absolute atomic E-state index is 0.0586. The van der Waals surface area contributed by atoms with Gasteiger partial charge in [-0.3, -0.25) is 14.7 Å². The third kappa shape index (κ3) is 5.80. The van der Waals surface area contributed by atoms with E-state index in [1.165, 1.54) is 30.6 Å². The first-order chi connectivity index (χ1) is 16.8. The number of thiazole rings is 1. The number of ether oxygens (including phenoxy) is 1. The molecule has 182 valence electrons. The summed E-state index contributed by atoms with van der Waals surface area (Å²) in [7, 11) is -2.01. The Kier molecular flexibility index (Phi) is 7.69. The van der Waals surface area contributed by atoms with E-state index in [0.29, 0.717) is 22.4 Å². The largest absolute Gasteiger partial charge is 0.497 e. The summed E-state index contributed by atoms with van der Waals surface area (Å²) in [5.74, 6) is 0.232. The highest BCUT2D eigenvalue weighted by Crippen LogP contribution is 2.36. The lowest BCUT2D eigenvalue weighted by atomic mass is 10.2. The van der Waals surface area contributed by atoms with Crippen molar-refractivity contribution < 1.29 is 17.9 Å². The molecule has 0 atom stereocenters. The molecule has 1 amide bonds. The maximum Gasteiger partial charge on any atom is 0.229 e. The van der Waals surface area contributed by atoms with Gasteiger partial charge in [-0.15, -0.1) is 0 Å². The Balaban J connectivity index is 1.54. The number of nitrogens with zero attached hydrogens (tertiary/aromatic N) is 3. The van der Waals surface area contributed by atoms with Gasteiger partial charge in [0.1, 0.15) is 5.75 Å². The summed E-state index contributed by atoms with van der Waals surface area (Å²) in [4.78, 5) is 23.9. The highest BCUT2D eigenvalue weighted by Gasteiger charge is 2.23. The van der Waals surface area contributed by atoms with Crippen LogP contribution in [0, 0.1) is 6.92 Å². The van der Waals surface area contributed by atoms with Crippen LogP contribution in [0.15, 0.2) is 65.8 Å². The molecule has 0 unspecified atom stereocenters. The van der Waals surface area contributed by atoms with Crippen LogP contribution in [-0.2, 0) is 21.2 Å². The standard InChI is InChI=1S/C25H24ClN3O4S2/c1-17-5-10-21(26)24-23(17)28-25(34-24)29(16-18-11-13-27-14-12-18)22(30)4-3-15-35(31,32)20-8-6-19(33-2)7-9-20/h5-14H,3-4,15-16H2,1-2H3. The number of aromatic nitrogens is 2. The van der Waals surface area contributed by atoms with Gasteiger partial charge in [0.25, 0.3) is 0 Å². The van der Waals surface area contributed by atoms with Crippen molar-refractivity contribution in [2.45, 2.75) is 31.2 Å². The monoisotopic (exact) mass is 529 g/mol. The van der Waals surface area contributed by atoms with E-state index in [2.05, 4.69) is 4.98 Å². The van der Waals surface area contributed by atoms with Gasteiger partial charge in [-0.05, 0) is 66.9 Å². The zero-order chi connectivity index (χ0) is 25.0. The van der Waals surface area contributed by atoms with Crippen molar-refractivity contribution in [2.75, 3.05) is 17.8 Å². The van der Waals surface area contributed by atoms with Gasteiger partial charge in [0.15, 0.2) is 15.0 Å². The summed E-state index contributed by atoms with van der Waals surface area (Å²) in [6, 6.07) is 13.6. The number of carbonyl (C=O) groups excluding carboxylic acids is 1. The summed E-state index contributed by atoms with van der Waals surface area (Å²) in [5.41, 5.74) is 2.61. The first-order valence-electron chi connectivity index (χ1n) is 10.9. The molecule has 0 spiro atoms. The maximum absolute atomic E-state index is 13.3. The average Bonchev–Trinajstić information content (AvgIpc) is 3.32. The van der Waals surface area contributed by atoms with Gasteiger partial charge >= 0.3 is 0 Å². The minimum Gasteiger partial charge on any atom is -0.497 e. The van der Waals surface area contributed by atoms with Crippen LogP contribution < -0.4 is 9.64 Å². The molecule has 0 radical (unpaired) electrons. The summed E-state index contributed by atoms with van der Waals surface area (Å²) < 4.78 is 31.4. The van der Waals surface area contributed by atoms with Gasteiger partial charge in [0.2, 0.25) is 5.91 Å². The molecular formula is C25H24ClN3O4S2. The topological polar surface area (TPSA) is 89.5 Å². The van der Waals surface area contributed by atoms with E-state index in [4.69, 9.17) is 21.3 Å². The number of methoxy groups -OCH3 is 1. The molecule has 4 aromatic rings. The molecule has 35 heavy (non-hydrogen) atoms. The van der Waals surface area contributed by atoms with E-state index in [0.717, 1.165) is 21.3 Å². The quantitative estimate of drug-likeness (QED) is 0.286. The molecule has 2 aromatic carbocycles. The molecular weight excluding hydrogens is 506 g/mol. The highest BCUT2D eigenvalue weighted by atomic mass is 35.5. The number of amides is 1. The van der Waals surface area contributed by atoms with E-state index in [1.807, 2.05) is 31.2 Å². The van der Waals surface area contributed by atoms with Crippen LogP contribution in [-0.4, -0.2) is 37.2 Å². The van der Waals surface area contributed by atoms with Crippen molar-refractivity contribution in [1.29, 1.82) is 0 Å². The van der Waals surface area contributed by atoms with E-state index in [-0.39, 0.29) is 29.4 Å². The normalized spacial score (nSPS) is 11.5. The van der Waals surface area contributed by atoms with Gasteiger partial charge < -0.3 is 4.74 Å². The smallest absolute Gasteiger partial charge is 0.229 e. The number of benzene rings is 2. The molecule has 0 aliphatic rings. The summed E-state index contributed by atoms with van der Waals surface area (Å²) >= 11 is 7.73. The Morgan fingerprint density at radius 3 is 2.46 bits per heavy atom. The van der Waals surface area contributed by atoms with Gasteiger partial charge in [0, 0.05) is 18.8 Å². The number of fused-ring (bicyclic) bond motifs is 1. The summed E-state index contributed by atoms with van der Waals surface area (Å²) in [6.07, 6.45) is 3.57. The number of anilines is 1. The zero-order valence-electron chi connectivity index (χ0n) is 19.3. The molecule has 0 aliphatic carbocycles. The Morgan fingerprint density at radius 1 is 1.09 bits per heavy atom. The fourth-order valence-corrected chi connectivity index (χ4v) is 6.23. The van der Waals surface area contributed by atoms with Gasteiger partial charge in [-0.25, -0.2) is 13.4 Å². The Labute approximate surface area is 213 Å². The molecule has 2 heterocycles. The van der Waals surface area contributed by atoms with Crippen molar-refractivity contribution in [1.82, 2.24) is 9.97 Å². The number of carbonyl (C=O) groups is 1. The van der Waals surface area contributed by atoms with Crippen molar-refractivity contribution in [3.63, 3.8) is 0 Å². The fourth-order valence-electron chi connectivity index (χ4n) is 3.59. The number of hydrogen-bond donors (Lipinski definition) is 0. The van der Waals surface area contributed by atoms with Gasteiger partial charge in [-0.1, -0.05) is 29.0 Å². The molecule has 10 heteroatoms. The summed E-state index contributed by atoms with van der Waals surface area (Å²) in [6.45, 7) is 2.24. The lowest BCUT2D eigenvalue weighted by Gasteiger charge is -2.20. The minimum atomic E-state index is -3.53. The second-order valence-electron chi connectivity index (χ2n) is 7.97. The van der Waals surface area contributed by atoms with Crippen LogP contribution >= 0.6 is 22.9 Å². The Bertz CT molecular complexity index is 1400. The summed E-state index contributed by atoms with van der Waals surface area (Å²) in [5, 5.41) is 1.10. The molecule has 0 bridgehead atoms. The van der Waals surface area contributed by atoms with Crippen molar-refractivity contribution in [3.8, 4) is 5.75 Å². The number of rotatable bonds is 9. The highest BCUT2D eigenvalue weighted by molar-refractivity contribution is 7.91. The Morgan fingerprint density at radius 2 is 1.80 bits per heavy atom. The third-order valence-corrected chi connectivity index (χ3v) is 8.89. The van der Waals surface area contributed by atoms with Crippen LogP contribution in [0.25, 0.3) is 10.2 Å². The molecule has 0 fully saturated rings. The fraction of sp³-hybridized carbons (Fsp3) is 0.240. The number of aryl methyl sites for hydroxylation is 1. The van der Waals surface area contributed by atoms with Gasteiger partial charge in [-0.2, -0.15) is 0 Å². The second kappa shape index (κ2) is 10.7. The van der Waals surface area contributed by atoms with Crippen LogP contribution in [0.4, 0.5) is 5.13 Å². The van der Waals surface area contributed by atoms with Crippen LogP contribution in [0.2, 0.25) is 5.02 Å². The van der Waals surface area contributed by atoms with E-state index in [1.54, 1.807) is 29.4 Å². The van der Waals surface area contributed by atoms with E-state index in [9.17, 15) is 13.2 Å². The van der Waals surface area contributed by atoms with Crippen molar-refractivity contribution in [3.05, 3.63) is 77.1 Å². The zero-order valence-corrected chi connectivity index (χ0v) is 21.7. The van der Waals surface area contributed by atoms with Crippen LogP contribution in [0.1, 0.15) is 24.0 Å². The third-order valence-electron chi connectivity index (χ3n) is 5.53. The van der Waals surface area contributed by atoms with Crippen LogP contribution in [0.3, 0.4) is 0 Å². The predicted molar refractivity (Wildman–Crippen MR) is 139 cm³/mol. The first-order valence-corrected chi connectivity index (χ1v) is 13.7. The molecule has 0 saturated carbocycles. The Hall–Kier alpha value is -3.01. The SMILES string of the molecule is COc1ccc(S(=O)(=O)CCCC(=O)N(Cc2ccncc2)c2nc3c(C)ccc(Cl)c3s2)cc1. The average molecular weight is 530 g/mol. The lowest BCUT2D eigenvalue weighted by molar-refractivity contribution is -0.118. The predicted octanol–water partition coefficient (Wildman–Crippen LogP) is 5.45. The molecule has 4 rings (SSSR count). The molecule has 0 saturated heterocycles. The number of halogens is 1. The maximum atomic E-state index is 13.3. The molecule has 2 aromatic heterocycles. The van der Waals surface area contributed by atoms with Crippen molar-refractivity contribution >= 4 is 54.0 Å². The first kappa shape index (κ1) is 25.1. The van der Waals surface area contributed by atoms with Crippen molar-refractivity contribution in [2.24, 2.45) is 0 Å². The van der Waals surface area contributed by atoms with E-state index >= 15 is 0 Å². The number of sulfone groups is 1. The second-order valence-corrected chi connectivity index (χ2v) is 11.5. The lowest BCUT2D eigenvalue weighted by Crippen LogP contribution is -2.30. The van der Waals surface area contributed by atoms with Gasteiger partial charge in [0.05, 0.1) is 39.5 Å². The number of hydrogen-bond acceptors (Lipinski definition) is 7. The molecule has 7 nitrogen and oxygen atoms in total. The number of pyridine rings is 1. The van der Waals surface area contributed by atoms with Crippen LogP contribution in [0.5, 0.6) is 5.75 Å². The molecule has 0 aliphatic heterocycles. The van der Waals surface area contributed by atoms with E-state index < -0.39 is 9.84 Å².